The van der Waals surface area contributed by atoms with Crippen molar-refractivity contribution in [1.29, 1.82) is 0 Å². The minimum atomic E-state index is -3.94. The van der Waals surface area contributed by atoms with Gasteiger partial charge in [0.1, 0.15) is 6.04 Å². The van der Waals surface area contributed by atoms with E-state index in [9.17, 15) is 23.1 Å². The van der Waals surface area contributed by atoms with E-state index in [1.54, 1.807) is 36.4 Å². The van der Waals surface area contributed by atoms with Crippen LogP contribution in [0.25, 0.3) is 0 Å². The molecule has 0 fully saturated rings. The maximum absolute atomic E-state index is 12.3. The summed E-state index contributed by atoms with van der Waals surface area (Å²) >= 11 is 5.77. The molecule has 8 N–H and O–H groups in total. The van der Waals surface area contributed by atoms with Gasteiger partial charge in [-0.3, -0.25) is 9.59 Å². The molecule has 0 aliphatic rings. The van der Waals surface area contributed by atoms with Crippen LogP contribution in [0.4, 0.5) is 5.69 Å². The van der Waals surface area contributed by atoms with Crippen molar-refractivity contribution >= 4 is 57.5 Å². The molecule has 0 aromatic heterocycles. The monoisotopic (exact) mass is 532 g/mol. The second-order valence-electron chi connectivity index (χ2n) is 6.94. The van der Waals surface area contributed by atoms with Crippen LogP contribution in [-0.4, -0.2) is 50.5 Å². The molecule has 0 aliphatic carbocycles. The van der Waals surface area contributed by atoms with Crippen molar-refractivity contribution in [1.82, 2.24) is 15.4 Å². The Balaban J connectivity index is 0.00000578. The Bertz CT molecular complexity index is 1090. The van der Waals surface area contributed by atoms with Crippen LogP contribution in [0.5, 0.6) is 0 Å². The highest BCUT2D eigenvalue weighted by atomic mass is 35.5. The van der Waals surface area contributed by atoms with E-state index in [2.05, 4.69) is 20.3 Å². The van der Waals surface area contributed by atoms with Gasteiger partial charge in [0.2, 0.25) is 21.8 Å². The minimum Gasteiger partial charge on any atom is -0.394 e. The molecule has 14 heteroatoms. The highest BCUT2D eigenvalue weighted by Gasteiger charge is 2.24. The quantitative estimate of drug-likeness (QED) is 0.171. The van der Waals surface area contributed by atoms with Crippen molar-refractivity contribution in [2.45, 2.75) is 18.3 Å². The second kappa shape index (κ2) is 13.7. The van der Waals surface area contributed by atoms with Gasteiger partial charge in [-0.15, -0.1) is 12.4 Å². The number of sulfonamides is 1. The van der Waals surface area contributed by atoms with Crippen molar-refractivity contribution in [3.8, 4) is 0 Å². The number of nitrogens with zero attached hydrogens (tertiary/aromatic N) is 1. The minimum absolute atomic E-state index is 0. The number of aliphatic hydroxyl groups is 1. The molecule has 2 aromatic carbocycles. The van der Waals surface area contributed by atoms with Gasteiger partial charge in [-0.25, -0.2) is 18.1 Å². The Labute approximate surface area is 208 Å². The van der Waals surface area contributed by atoms with Crippen LogP contribution in [0.1, 0.15) is 11.1 Å². The van der Waals surface area contributed by atoms with Crippen molar-refractivity contribution in [2.75, 3.05) is 13.2 Å². The molecule has 0 bridgehead atoms. The van der Waals surface area contributed by atoms with Crippen molar-refractivity contribution in [3.63, 3.8) is 0 Å². The normalized spacial score (nSPS) is 11.6. The third kappa shape index (κ3) is 10.4. The maximum atomic E-state index is 12.3. The molecule has 0 radical (unpaired) electrons. The average molecular weight is 533 g/mol. The first-order valence-electron chi connectivity index (χ1n) is 9.66. The van der Waals surface area contributed by atoms with Gasteiger partial charge < -0.3 is 27.2 Å². The number of benzene rings is 2. The summed E-state index contributed by atoms with van der Waals surface area (Å²) in [5, 5.41) is 14.8. The fourth-order valence-corrected chi connectivity index (χ4v) is 4.08. The lowest BCUT2D eigenvalue weighted by Crippen LogP contribution is -2.50. The number of amides is 2. The molecule has 186 valence electrons. The van der Waals surface area contributed by atoms with Gasteiger partial charge >= 0.3 is 0 Å². The first-order chi connectivity index (χ1) is 15.6. The Morgan fingerprint density at radius 3 is 2.15 bits per heavy atom. The van der Waals surface area contributed by atoms with Crippen LogP contribution < -0.4 is 26.8 Å². The lowest BCUT2D eigenvalue weighted by Gasteiger charge is -2.16. The number of hydrogen-bond acceptors (Lipinski definition) is 6. The van der Waals surface area contributed by atoms with E-state index in [0.29, 0.717) is 16.3 Å². The molecule has 34 heavy (non-hydrogen) atoms. The Kier molecular flexibility index (Phi) is 11.8. The van der Waals surface area contributed by atoms with Crippen LogP contribution in [0.3, 0.4) is 0 Å². The van der Waals surface area contributed by atoms with Crippen molar-refractivity contribution in [2.24, 2.45) is 16.5 Å². The van der Waals surface area contributed by atoms with Gasteiger partial charge in [0.15, 0.2) is 5.96 Å². The number of carbonyl (C=O) groups is 2. The summed E-state index contributed by atoms with van der Waals surface area (Å²) in [6, 6.07) is 11.5. The number of rotatable bonds is 11. The molecule has 1 atom stereocenters. The fraction of sp³-hybridized carbons (Fsp3) is 0.250. The van der Waals surface area contributed by atoms with Gasteiger partial charge in [-0.1, -0.05) is 35.9 Å². The molecular weight excluding hydrogens is 507 g/mol. The predicted octanol–water partition coefficient (Wildman–Crippen LogP) is -0.120. The topological polar surface area (TPSA) is 189 Å². The zero-order chi connectivity index (χ0) is 24.4. The number of nitrogens with one attached hydrogen (secondary N) is 3. The second-order valence-corrected chi connectivity index (χ2v) is 9.13. The average Bonchev–Trinajstić information content (AvgIpc) is 2.76. The summed E-state index contributed by atoms with van der Waals surface area (Å²) in [5.41, 5.74) is 12.4. The van der Waals surface area contributed by atoms with E-state index in [0.717, 1.165) is 5.56 Å². The third-order valence-corrected chi connectivity index (χ3v) is 5.81. The van der Waals surface area contributed by atoms with Gasteiger partial charge in [-0.2, -0.15) is 0 Å². The lowest BCUT2D eigenvalue weighted by atomic mass is 10.2. The van der Waals surface area contributed by atoms with Crippen LogP contribution in [-0.2, 0) is 31.9 Å². The number of hydrogen-bond donors (Lipinski definition) is 6. The molecule has 2 aromatic rings. The molecule has 0 spiro atoms. The van der Waals surface area contributed by atoms with Crippen LogP contribution >= 0.6 is 24.0 Å². The summed E-state index contributed by atoms with van der Waals surface area (Å²) in [6.07, 6.45) is 0. The van der Waals surface area contributed by atoms with E-state index in [-0.39, 0.29) is 24.9 Å². The van der Waals surface area contributed by atoms with Crippen LogP contribution in [0.2, 0.25) is 5.02 Å². The van der Waals surface area contributed by atoms with E-state index < -0.39 is 46.8 Å². The molecule has 0 saturated heterocycles. The standard InChI is InChI=1S/C20H25ClN6O5S.ClH/c21-15-5-1-14(2-6-15)12-33(31,32)27-17(11-28)19(30)25-10-18(29)24-9-13-3-7-16(8-4-13)26-20(22)23;/h1-8,17,27-28H,9-12H2,(H,24,29)(H,25,30)(H4,22,23,26);1H/t17-;/m1./s1. The largest absolute Gasteiger partial charge is 0.394 e. The molecular formula is C20H26Cl2N6O5S. The highest BCUT2D eigenvalue weighted by molar-refractivity contribution is 7.88. The number of aliphatic hydroxyl groups excluding tert-OH is 1. The third-order valence-electron chi connectivity index (χ3n) is 4.20. The number of aliphatic imine (C=N–C) groups is 1. The van der Waals surface area contributed by atoms with E-state index in [1.807, 2.05) is 0 Å². The van der Waals surface area contributed by atoms with Gasteiger partial charge in [0.05, 0.1) is 24.6 Å². The number of guanidine groups is 1. The Hall–Kier alpha value is -2.90. The Morgan fingerprint density at radius 2 is 1.59 bits per heavy atom. The van der Waals surface area contributed by atoms with E-state index >= 15 is 0 Å². The Morgan fingerprint density at radius 1 is 1.00 bits per heavy atom. The smallest absolute Gasteiger partial charge is 0.240 e. The van der Waals surface area contributed by atoms with Crippen LogP contribution in [0.15, 0.2) is 53.5 Å². The summed E-state index contributed by atoms with van der Waals surface area (Å²) < 4.78 is 26.7. The zero-order valence-electron chi connectivity index (χ0n) is 17.9. The van der Waals surface area contributed by atoms with Crippen LogP contribution in [0, 0.1) is 0 Å². The molecule has 0 heterocycles. The molecule has 0 aliphatic heterocycles. The number of carbonyl (C=O) groups excluding carboxylic acids is 2. The molecule has 11 nitrogen and oxygen atoms in total. The summed E-state index contributed by atoms with van der Waals surface area (Å²) in [6.45, 7) is -0.996. The first-order valence-corrected chi connectivity index (χ1v) is 11.7. The summed E-state index contributed by atoms with van der Waals surface area (Å²) in [5.74, 6) is -1.82. The lowest BCUT2D eigenvalue weighted by molar-refractivity contribution is -0.127. The highest BCUT2D eigenvalue weighted by Crippen LogP contribution is 2.13. The fourth-order valence-electron chi connectivity index (χ4n) is 2.62. The number of halogens is 2. The summed E-state index contributed by atoms with van der Waals surface area (Å²) in [4.78, 5) is 28.1. The van der Waals surface area contributed by atoms with Crippen molar-refractivity contribution < 1.29 is 23.1 Å². The molecule has 0 unspecified atom stereocenters. The predicted molar refractivity (Wildman–Crippen MR) is 132 cm³/mol. The molecule has 2 rings (SSSR count). The number of nitrogens with two attached hydrogens (primary N) is 2. The molecule has 2 amide bonds. The van der Waals surface area contributed by atoms with E-state index in [4.69, 9.17) is 23.1 Å². The van der Waals surface area contributed by atoms with Crippen molar-refractivity contribution in [3.05, 3.63) is 64.7 Å². The van der Waals surface area contributed by atoms with Gasteiger partial charge in [0.25, 0.3) is 0 Å². The SMILES string of the molecule is Cl.NC(N)=Nc1ccc(CNC(=O)CNC(=O)[C@@H](CO)NS(=O)(=O)Cc2ccc(Cl)cc2)cc1. The maximum Gasteiger partial charge on any atom is 0.240 e. The van der Waals surface area contributed by atoms with Gasteiger partial charge in [-0.05, 0) is 35.4 Å². The molecule has 0 saturated carbocycles. The zero-order valence-corrected chi connectivity index (χ0v) is 20.3. The van der Waals surface area contributed by atoms with E-state index in [1.165, 1.54) is 12.1 Å². The first kappa shape index (κ1) is 29.1. The summed E-state index contributed by atoms with van der Waals surface area (Å²) in [7, 11) is -3.94. The van der Waals surface area contributed by atoms with Gasteiger partial charge in [0, 0.05) is 11.6 Å².